The molecular formula is C22H24N2O3. The summed E-state index contributed by atoms with van der Waals surface area (Å²) >= 11 is 0. The summed E-state index contributed by atoms with van der Waals surface area (Å²) in [5, 5.41) is 1.29. The van der Waals surface area contributed by atoms with E-state index in [1.807, 2.05) is 11.0 Å². The topological polar surface area (TPSA) is 54.6 Å². The lowest BCUT2D eigenvalue weighted by Crippen LogP contribution is -2.38. The van der Waals surface area contributed by atoms with Crippen molar-refractivity contribution in [2.24, 2.45) is 0 Å². The first-order valence-electron chi connectivity index (χ1n) is 9.28. The van der Waals surface area contributed by atoms with Gasteiger partial charge in [0.05, 0.1) is 19.8 Å². The van der Waals surface area contributed by atoms with E-state index in [0.29, 0.717) is 23.0 Å². The molecule has 3 aromatic rings. The van der Waals surface area contributed by atoms with Gasteiger partial charge in [0, 0.05) is 30.2 Å². The first kappa shape index (κ1) is 17.5. The van der Waals surface area contributed by atoms with Crippen LogP contribution >= 0.6 is 0 Å². The molecular weight excluding hydrogens is 340 g/mol. The molecule has 1 fully saturated rings. The molecule has 27 heavy (non-hydrogen) atoms. The molecule has 1 aliphatic heterocycles. The minimum atomic E-state index is 0.00290. The van der Waals surface area contributed by atoms with E-state index in [1.165, 1.54) is 16.5 Å². The van der Waals surface area contributed by atoms with E-state index in [-0.39, 0.29) is 5.91 Å². The molecule has 0 saturated carbocycles. The number of para-hydroxylation sites is 1. The summed E-state index contributed by atoms with van der Waals surface area (Å²) in [5.74, 6) is 1.72. The number of aromatic amines is 1. The van der Waals surface area contributed by atoms with Gasteiger partial charge in [-0.2, -0.15) is 0 Å². The molecule has 1 saturated heterocycles. The van der Waals surface area contributed by atoms with Gasteiger partial charge in [0.25, 0.3) is 5.91 Å². The van der Waals surface area contributed by atoms with Crippen LogP contribution in [0.15, 0.2) is 48.7 Å². The Morgan fingerprint density at radius 1 is 1.07 bits per heavy atom. The van der Waals surface area contributed by atoms with Crippen LogP contribution < -0.4 is 9.47 Å². The maximum atomic E-state index is 13.0. The van der Waals surface area contributed by atoms with Crippen molar-refractivity contribution in [3.63, 3.8) is 0 Å². The van der Waals surface area contributed by atoms with Crippen molar-refractivity contribution in [1.29, 1.82) is 0 Å². The second-order valence-electron chi connectivity index (χ2n) is 6.92. The zero-order chi connectivity index (χ0) is 18.8. The largest absolute Gasteiger partial charge is 0.497 e. The smallest absolute Gasteiger partial charge is 0.257 e. The van der Waals surface area contributed by atoms with Gasteiger partial charge >= 0.3 is 0 Å². The van der Waals surface area contributed by atoms with Crippen molar-refractivity contribution in [2.45, 2.75) is 18.8 Å². The highest BCUT2D eigenvalue weighted by molar-refractivity contribution is 5.97. The van der Waals surface area contributed by atoms with Crippen LogP contribution in [0.4, 0.5) is 0 Å². The highest BCUT2D eigenvalue weighted by atomic mass is 16.5. The molecule has 2 heterocycles. The van der Waals surface area contributed by atoms with E-state index in [1.54, 1.807) is 32.4 Å². The quantitative estimate of drug-likeness (QED) is 0.755. The van der Waals surface area contributed by atoms with Crippen LogP contribution in [0, 0.1) is 0 Å². The fourth-order valence-corrected chi connectivity index (χ4v) is 3.98. The van der Waals surface area contributed by atoms with Crippen molar-refractivity contribution in [3.8, 4) is 11.5 Å². The van der Waals surface area contributed by atoms with Gasteiger partial charge in [0.15, 0.2) is 0 Å². The number of aromatic nitrogens is 1. The van der Waals surface area contributed by atoms with Crippen LogP contribution in [-0.2, 0) is 0 Å². The number of carbonyl (C=O) groups is 1. The number of hydrogen-bond donors (Lipinski definition) is 1. The first-order valence-corrected chi connectivity index (χ1v) is 9.28. The van der Waals surface area contributed by atoms with Gasteiger partial charge < -0.3 is 19.4 Å². The van der Waals surface area contributed by atoms with E-state index in [9.17, 15) is 4.79 Å². The van der Waals surface area contributed by atoms with E-state index < -0.39 is 0 Å². The van der Waals surface area contributed by atoms with Crippen LogP contribution in [-0.4, -0.2) is 43.1 Å². The summed E-state index contributed by atoms with van der Waals surface area (Å²) in [5.41, 5.74) is 3.09. The zero-order valence-electron chi connectivity index (χ0n) is 15.7. The summed E-state index contributed by atoms with van der Waals surface area (Å²) in [6.07, 6.45) is 4.04. The Morgan fingerprint density at radius 2 is 1.85 bits per heavy atom. The fraction of sp³-hybridized carbons (Fsp3) is 0.318. The number of ether oxygens (including phenoxy) is 2. The summed E-state index contributed by atoms with van der Waals surface area (Å²) < 4.78 is 10.6. The van der Waals surface area contributed by atoms with Crippen molar-refractivity contribution in [1.82, 2.24) is 9.88 Å². The lowest BCUT2D eigenvalue weighted by atomic mass is 9.89. The molecule has 0 radical (unpaired) electrons. The highest BCUT2D eigenvalue weighted by Gasteiger charge is 2.27. The number of H-pyrrole nitrogens is 1. The molecule has 1 N–H and O–H groups in total. The van der Waals surface area contributed by atoms with Gasteiger partial charge in [0.1, 0.15) is 11.5 Å². The molecule has 2 aromatic carbocycles. The summed E-state index contributed by atoms with van der Waals surface area (Å²) in [6.45, 7) is 1.48. The Morgan fingerprint density at radius 3 is 2.59 bits per heavy atom. The molecule has 140 valence electrons. The van der Waals surface area contributed by atoms with Crippen LogP contribution in [0.3, 0.4) is 0 Å². The molecule has 0 aliphatic carbocycles. The van der Waals surface area contributed by atoms with Crippen molar-refractivity contribution in [3.05, 3.63) is 59.8 Å². The second kappa shape index (κ2) is 7.35. The monoisotopic (exact) mass is 364 g/mol. The second-order valence-corrected chi connectivity index (χ2v) is 6.92. The molecule has 0 bridgehead atoms. The maximum Gasteiger partial charge on any atom is 0.257 e. The van der Waals surface area contributed by atoms with Gasteiger partial charge in [-0.15, -0.1) is 0 Å². The number of fused-ring (bicyclic) bond motifs is 1. The first-order chi connectivity index (χ1) is 13.2. The maximum absolute atomic E-state index is 13.0. The van der Waals surface area contributed by atoms with Crippen LogP contribution in [0.5, 0.6) is 11.5 Å². The highest BCUT2D eigenvalue weighted by Crippen LogP contribution is 2.34. The molecule has 0 spiro atoms. The summed E-state index contributed by atoms with van der Waals surface area (Å²) in [7, 11) is 3.19. The SMILES string of the molecule is COc1ccc(OC)c(C(=O)N2CCC(c3c[nH]c4ccccc34)CC2)c1. The molecule has 4 rings (SSSR count). The third kappa shape index (κ3) is 3.25. The van der Waals surface area contributed by atoms with Gasteiger partial charge in [-0.05, 0) is 48.6 Å². The number of amides is 1. The number of nitrogens with one attached hydrogen (secondary N) is 1. The lowest BCUT2D eigenvalue weighted by molar-refractivity contribution is 0.0709. The van der Waals surface area contributed by atoms with Crippen LogP contribution in [0.25, 0.3) is 10.9 Å². The Hall–Kier alpha value is -2.95. The average molecular weight is 364 g/mol. The van der Waals surface area contributed by atoms with Crippen molar-refractivity contribution >= 4 is 16.8 Å². The molecule has 5 nitrogen and oxygen atoms in total. The number of hydrogen-bond acceptors (Lipinski definition) is 3. The van der Waals surface area contributed by atoms with Crippen molar-refractivity contribution in [2.75, 3.05) is 27.3 Å². The third-order valence-corrected chi connectivity index (χ3v) is 5.48. The summed E-state index contributed by atoms with van der Waals surface area (Å²) in [4.78, 5) is 18.3. The molecule has 5 heteroatoms. The van der Waals surface area contributed by atoms with E-state index in [2.05, 4.69) is 29.4 Å². The molecule has 1 aliphatic rings. The zero-order valence-corrected chi connectivity index (χ0v) is 15.7. The summed E-state index contributed by atoms with van der Waals surface area (Å²) in [6, 6.07) is 13.7. The molecule has 1 aromatic heterocycles. The molecule has 0 unspecified atom stereocenters. The minimum Gasteiger partial charge on any atom is -0.497 e. The number of rotatable bonds is 4. The van der Waals surface area contributed by atoms with Crippen molar-refractivity contribution < 1.29 is 14.3 Å². The van der Waals surface area contributed by atoms with Gasteiger partial charge in [-0.3, -0.25) is 4.79 Å². The predicted molar refractivity (Wildman–Crippen MR) is 106 cm³/mol. The van der Waals surface area contributed by atoms with Gasteiger partial charge in [-0.1, -0.05) is 18.2 Å². The number of benzene rings is 2. The van der Waals surface area contributed by atoms with E-state index >= 15 is 0 Å². The van der Waals surface area contributed by atoms with E-state index in [4.69, 9.17) is 9.47 Å². The van der Waals surface area contributed by atoms with E-state index in [0.717, 1.165) is 25.9 Å². The van der Waals surface area contributed by atoms with Gasteiger partial charge in [0.2, 0.25) is 0 Å². The van der Waals surface area contributed by atoms with Crippen LogP contribution in [0.2, 0.25) is 0 Å². The Balaban J connectivity index is 1.50. The molecule has 1 amide bonds. The third-order valence-electron chi connectivity index (χ3n) is 5.48. The number of piperidine rings is 1. The number of nitrogens with zero attached hydrogens (tertiary/aromatic N) is 1. The lowest BCUT2D eigenvalue weighted by Gasteiger charge is -2.32. The Labute approximate surface area is 158 Å². The van der Waals surface area contributed by atoms with Crippen LogP contribution in [0.1, 0.15) is 34.7 Å². The minimum absolute atomic E-state index is 0.00290. The predicted octanol–water partition coefficient (Wildman–Crippen LogP) is 4.20. The fourth-order valence-electron chi connectivity index (χ4n) is 3.98. The number of likely N-dealkylation sites (tertiary alicyclic amines) is 1. The Kier molecular flexibility index (Phi) is 4.75. The number of carbonyl (C=O) groups excluding carboxylic acids is 1. The Bertz CT molecular complexity index is 955. The molecule has 0 atom stereocenters. The standard InChI is InChI=1S/C22H24N2O3/c1-26-16-7-8-21(27-2)18(13-16)22(25)24-11-9-15(10-12-24)19-14-23-20-6-4-3-5-17(19)20/h3-8,13-15,23H,9-12H2,1-2H3. The number of methoxy groups -OCH3 is 2. The average Bonchev–Trinajstić information content (AvgIpc) is 3.17. The normalized spacial score (nSPS) is 15.1. The van der Waals surface area contributed by atoms with Gasteiger partial charge in [-0.25, -0.2) is 0 Å².